The fraction of sp³-hybridized carbons (Fsp3) is 0.111. The summed E-state index contributed by atoms with van der Waals surface area (Å²) in [6.07, 6.45) is 3.38. The van der Waals surface area contributed by atoms with Crippen molar-refractivity contribution >= 4 is 11.1 Å². The molecule has 1 aliphatic carbocycles. The molecular formula is C18H16. The van der Waals surface area contributed by atoms with Crippen LogP contribution in [0.25, 0.3) is 11.1 Å². The van der Waals surface area contributed by atoms with Gasteiger partial charge in [-0.1, -0.05) is 66.7 Å². The van der Waals surface area contributed by atoms with Gasteiger partial charge in [0, 0.05) is 0 Å². The van der Waals surface area contributed by atoms with Gasteiger partial charge >= 0.3 is 0 Å². The SMILES string of the molecule is CC1=C(c2ccccc2)CC=C1c1ccccc1. The molecule has 2 aromatic rings. The largest absolute Gasteiger partial charge is 0.0719 e. The summed E-state index contributed by atoms with van der Waals surface area (Å²) in [7, 11) is 0. The van der Waals surface area contributed by atoms with Gasteiger partial charge in [0.05, 0.1) is 0 Å². The van der Waals surface area contributed by atoms with Crippen molar-refractivity contribution in [3.63, 3.8) is 0 Å². The molecule has 18 heavy (non-hydrogen) atoms. The molecule has 0 aromatic heterocycles. The van der Waals surface area contributed by atoms with Crippen molar-refractivity contribution in [2.24, 2.45) is 0 Å². The number of rotatable bonds is 2. The number of hydrogen-bond donors (Lipinski definition) is 0. The van der Waals surface area contributed by atoms with E-state index in [1.807, 2.05) is 0 Å². The highest BCUT2D eigenvalue weighted by Crippen LogP contribution is 2.38. The van der Waals surface area contributed by atoms with Gasteiger partial charge in [-0.05, 0) is 41.2 Å². The van der Waals surface area contributed by atoms with Crippen molar-refractivity contribution in [3.8, 4) is 0 Å². The molecule has 0 saturated heterocycles. The Morgan fingerprint density at radius 2 is 1.28 bits per heavy atom. The molecule has 0 amide bonds. The minimum Gasteiger partial charge on any atom is -0.0719 e. The van der Waals surface area contributed by atoms with Crippen LogP contribution in [0.15, 0.2) is 72.3 Å². The Morgan fingerprint density at radius 3 is 1.89 bits per heavy atom. The van der Waals surface area contributed by atoms with Gasteiger partial charge in [0.15, 0.2) is 0 Å². The quantitative estimate of drug-likeness (QED) is 0.687. The first-order valence-electron chi connectivity index (χ1n) is 6.37. The lowest BCUT2D eigenvalue weighted by Crippen LogP contribution is -1.86. The van der Waals surface area contributed by atoms with E-state index in [1.165, 1.54) is 27.8 Å². The van der Waals surface area contributed by atoms with Crippen LogP contribution in [0.4, 0.5) is 0 Å². The summed E-state index contributed by atoms with van der Waals surface area (Å²) < 4.78 is 0. The first kappa shape index (κ1) is 11.0. The third-order valence-electron chi connectivity index (χ3n) is 3.57. The van der Waals surface area contributed by atoms with E-state index in [-0.39, 0.29) is 0 Å². The van der Waals surface area contributed by atoms with Gasteiger partial charge in [0.1, 0.15) is 0 Å². The molecule has 1 aliphatic rings. The van der Waals surface area contributed by atoms with E-state index in [1.54, 1.807) is 0 Å². The molecule has 88 valence electrons. The van der Waals surface area contributed by atoms with Crippen molar-refractivity contribution in [1.82, 2.24) is 0 Å². The first-order valence-corrected chi connectivity index (χ1v) is 6.37. The molecule has 0 bridgehead atoms. The fourth-order valence-electron chi connectivity index (χ4n) is 2.60. The van der Waals surface area contributed by atoms with Gasteiger partial charge in [-0.15, -0.1) is 0 Å². The average Bonchev–Trinajstić information content (AvgIpc) is 2.83. The molecule has 0 radical (unpaired) electrons. The highest BCUT2D eigenvalue weighted by Gasteiger charge is 2.15. The summed E-state index contributed by atoms with van der Waals surface area (Å²) in [6.45, 7) is 2.23. The lowest BCUT2D eigenvalue weighted by atomic mass is 9.97. The number of benzene rings is 2. The number of allylic oxidation sites excluding steroid dienone is 4. The van der Waals surface area contributed by atoms with Crippen LogP contribution in [0, 0.1) is 0 Å². The Hall–Kier alpha value is -2.08. The summed E-state index contributed by atoms with van der Waals surface area (Å²) in [5, 5.41) is 0. The molecule has 0 N–H and O–H groups in total. The molecular weight excluding hydrogens is 216 g/mol. The average molecular weight is 232 g/mol. The lowest BCUT2D eigenvalue weighted by molar-refractivity contribution is 1.41. The van der Waals surface area contributed by atoms with Crippen LogP contribution in [0.3, 0.4) is 0 Å². The molecule has 0 saturated carbocycles. The van der Waals surface area contributed by atoms with Crippen LogP contribution in [0.2, 0.25) is 0 Å². The van der Waals surface area contributed by atoms with Crippen LogP contribution in [0.1, 0.15) is 24.5 Å². The lowest BCUT2D eigenvalue weighted by Gasteiger charge is -2.07. The van der Waals surface area contributed by atoms with Crippen LogP contribution in [-0.4, -0.2) is 0 Å². The molecule has 0 spiro atoms. The minimum atomic E-state index is 1.04. The van der Waals surface area contributed by atoms with Gasteiger partial charge in [0.2, 0.25) is 0 Å². The van der Waals surface area contributed by atoms with E-state index >= 15 is 0 Å². The highest BCUT2D eigenvalue weighted by molar-refractivity contribution is 5.93. The second kappa shape index (κ2) is 4.66. The molecule has 0 heterocycles. The van der Waals surface area contributed by atoms with Crippen molar-refractivity contribution in [2.45, 2.75) is 13.3 Å². The van der Waals surface area contributed by atoms with Crippen molar-refractivity contribution in [1.29, 1.82) is 0 Å². The molecule has 0 aliphatic heterocycles. The molecule has 0 heteroatoms. The van der Waals surface area contributed by atoms with E-state index < -0.39 is 0 Å². The van der Waals surface area contributed by atoms with Crippen molar-refractivity contribution < 1.29 is 0 Å². The standard InChI is InChI=1S/C18H16/c1-14-17(15-8-4-2-5-9-15)12-13-18(14)16-10-6-3-7-11-16/h2-12H,13H2,1H3. The van der Waals surface area contributed by atoms with Gasteiger partial charge in [-0.3, -0.25) is 0 Å². The predicted octanol–water partition coefficient (Wildman–Crippen LogP) is 4.95. The van der Waals surface area contributed by atoms with E-state index in [0.29, 0.717) is 0 Å². The maximum absolute atomic E-state index is 2.34. The van der Waals surface area contributed by atoms with Gasteiger partial charge < -0.3 is 0 Å². The molecule has 0 unspecified atom stereocenters. The Morgan fingerprint density at radius 1 is 0.722 bits per heavy atom. The summed E-state index contributed by atoms with van der Waals surface area (Å²) in [4.78, 5) is 0. The molecule has 3 rings (SSSR count). The summed E-state index contributed by atoms with van der Waals surface area (Å²) >= 11 is 0. The van der Waals surface area contributed by atoms with Gasteiger partial charge in [-0.25, -0.2) is 0 Å². The zero-order valence-corrected chi connectivity index (χ0v) is 10.6. The number of hydrogen-bond acceptors (Lipinski definition) is 0. The monoisotopic (exact) mass is 232 g/mol. The smallest absolute Gasteiger partial charge is 0.00793 e. The third kappa shape index (κ3) is 1.91. The molecule has 0 fully saturated rings. The topological polar surface area (TPSA) is 0 Å². The first-order chi connectivity index (χ1) is 8.86. The molecule has 0 nitrogen and oxygen atoms in total. The van der Waals surface area contributed by atoms with Gasteiger partial charge in [0.25, 0.3) is 0 Å². The van der Waals surface area contributed by atoms with Gasteiger partial charge in [-0.2, -0.15) is 0 Å². The molecule has 0 atom stereocenters. The maximum Gasteiger partial charge on any atom is -0.00793 e. The van der Waals surface area contributed by atoms with Crippen LogP contribution in [-0.2, 0) is 0 Å². The Labute approximate surface area is 108 Å². The van der Waals surface area contributed by atoms with Crippen molar-refractivity contribution in [2.75, 3.05) is 0 Å². The Balaban J connectivity index is 2.00. The summed E-state index contributed by atoms with van der Waals surface area (Å²) in [5.41, 5.74) is 6.91. The second-order valence-corrected chi connectivity index (χ2v) is 4.66. The van der Waals surface area contributed by atoms with E-state index in [9.17, 15) is 0 Å². The van der Waals surface area contributed by atoms with Crippen LogP contribution >= 0.6 is 0 Å². The third-order valence-corrected chi connectivity index (χ3v) is 3.57. The summed E-state index contributed by atoms with van der Waals surface area (Å²) in [6, 6.07) is 21.3. The van der Waals surface area contributed by atoms with E-state index in [2.05, 4.69) is 73.7 Å². The minimum absolute atomic E-state index is 1.04. The summed E-state index contributed by atoms with van der Waals surface area (Å²) in [5.74, 6) is 0. The second-order valence-electron chi connectivity index (χ2n) is 4.66. The zero-order chi connectivity index (χ0) is 12.4. The maximum atomic E-state index is 2.34. The Bertz CT molecular complexity index is 558. The Kier molecular flexibility index (Phi) is 2.85. The van der Waals surface area contributed by atoms with Crippen molar-refractivity contribution in [3.05, 3.63) is 83.4 Å². The van der Waals surface area contributed by atoms with Crippen LogP contribution in [0.5, 0.6) is 0 Å². The zero-order valence-electron chi connectivity index (χ0n) is 10.6. The highest BCUT2D eigenvalue weighted by atomic mass is 14.2. The normalized spacial score (nSPS) is 14.8. The molecule has 2 aromatic carbocycles. The fourth-order valence-corrected chi connectivity index (χ4v) is 2.60. The predicted molar refractivity (Wildman–Crippen MR) is 78.1 cm³/mol. The van der Waals surface area contributed by atoms with Crippen LogP contribution < -0.4 is 0 Å². The van der Waals surface area contributed by atoms with E-state index in [0.717, 1.165) is 6.42 Å². The van der Waals surface area contributed by atoms with E-state index in [4.69, 9.17) is 0 Å².